The van der Waals surface area contributed by atoms with E-state index < -0.39 is 0 Å². The van der Waals surface area contributed by atoms with Gasteiger partial charge in [-0.05, 0) is 42.2 Å². The maximum Gasteiger partial charge on any atom is 0.246 e. The summed E-state index contributed by atoms with van der Waals surface area (Å²) in [5.41, 5.74) is 2.02. The number of amides is 2. The molecular weight excluding hydrogens is 372 g/mol. The van der Waals surface area contributed by atoms with Gasteiger partial charge in [0.25, 0.3) is 0 Å². The van der Waals surface area contributed by atoms with Gasteiger partial charge in [-0.1, -0.05) is 54.1 Å². The fraction of sp³-hybridized carbons (Fsp3) is 0.304. The molecule has 3 rings (SSSR count). The van der Waals surface area contributed by atoms with Gasteiger partial charge in [-0.2, -0.15) is 0 Å². The smallest absolute Gasteiger partial charge is 0.246 e. The SMILES string of the molecule is CN(Cc1cccc(Cl)c1)C(=O)C1CCN(C(=O)C=Cc2ccccc2)CC1. The summed E-state index contributed by atoms with van der Waals surface area (Å²) in [6.45, 7) is 1.76. The second-order valence-electron chi connectivity index (χ2n) is 7.17. The minimum Gasteiger partial charge on any atom is -0.341 e. The van der Waals surface area contributed by atoms with Crippen molar-refractivity contribution in [3.8, 4) is 0 Å². The number of rotatable bonds is 5. The molecule has 0 unspecified atom stereocenters. The molecule has 2 aromatic carbocycles. The van der Waals surface area contributed by atoms with Crippen LogP contribution >= 0.6 is 11.6 Å². The molecule has 2 aromatic rings. The van der Waals surface area contributed by atoms with Crippen molar-refractivity contribution < 1.29 is 9.59 Å². The first-order chi connectivity index (χ1) is 13.5. The van der Waals surface area contributed by atoms with Crippen molar-refractivity contribution in [2.45, 2.75) is 19.4 Å². The van der Waals surface area contributed by atoms with Gasteiger partial charge < -0.3 is 9.80 Å². The minimum absolute atomic E-state index is 0.00188. The van der Waals surface area contributed by atoms with Crippen LogP contribution in [0.5, 0.6) is 0 Å². The van der Waals surface area contributed by atoms with Crippen LogP contribution in [0, 0.1) is 5.92 Å². The molecule has 1 heterocycles. The fourth-order valence-corrected chi connectivity index (χ4v) is 3.70. The predicted molar refractivity (Wildman–Crippen MR) is 113 cm³/mol. The third-order valence-corrected chi connectivity index (χ3v) is 5.29. The summed E-state index contributed by atoms with van der Waals surface area (Å²) in [7, 11) is 1.82. The molecule has 4 nitrogen and oxygen atoms in total. The largest absolute Gasteiger partial charge is 0.341 e. The molecule has 0 aliphatic carbocycles. The number of likely N-dealkylation sites (tertiary alicyclic amines) is 1. The molecule has 1 fully saturated rings. The monoisotopic (exact) mass is 396 g/mol. The number of carbonyl (C=O) groups is 2. The van der Waals surface area contributed by atoms with Crippen LogP contribution in [0.15, 0.2) is 60.7 Å². The van der Waals surface area contributed by atoms with E-state index >= 15 is 0 Å². The first-order valence-corrected chi connectivity index (χ1v) is 9.92. The lowest BCUT2D eigenvalue weighted by molar-refractivity contribution is -0.138. The standard InChI is InChI=1S/C23H25ClN2O2/c1-25(17-19-8-5-9-21(24)16-19)23(28)20-12-14-26(15-13-20)22(27)11-10-18-6-3-2-4-7-18/h2-11,16,20H,12-15,17H2,1H3. The van der Waals surface area contributed by atoms with Crippen LogP contribution in [-0.4, -0.2) is 41.8 Å². The van der Waals surface area contributed by atoms with E-state index in [0.29, 0.717) is 37.5 Å². The van der Waals surface area contributed by atoms with E-state index in [1.807, 2.05) is 72.6 Å². The Hall–Kier alpha value is -2.59. The molecule has 28 heavy (non-hydrogen) atoms. The molecule has 0 aromatic heterocycles. The normalized spacial score (nSPS) is 15.0. The molecule has 1 aliphatic rings. The third kappa shape index (κ3) is 5.46. The Labute approximate surface area is 171 Å². The Morgan fingerprint density at radius 3 is 2.50 bits per heavy atom. The molecule has 146 valence electrons. The van der Waals surface area contributed by atoms with Gasteiger partial charge in [0.15, 0.2) is 0 Å². The molecule has 0 bridgehead atoms. The molecule has 0 saturated carbocycles. The van der Waals surface area contributed by atoms with Gasteiger partial charge in [0.2, 0.25) is 11.8 Å². The molecular formula is C23H25ClN2O2. The van der Waals surface area contributed by atoms with Gasteiger partial charge >= 0.3 is 0 Å². The Kier molecular flexibility index (Phi) is 6.88. The lowest BCUT2D eigenvalue weighted by atomic mass is 9.95. The molecule has 0 spiro atoms. The molecule has 1 aliphatic heterocycles. The van der Waals surface area contributed by atoms with Gasteiger partial charge in [0.1, 0.15) is 0 Å². The van der Waals surface area contributed by atoms with Crippen molar-refractivity contribution in [3.05, 3.63) is 76.8 Å². The number of piperidine rings is 1. The maximum atomic E-state index is 12.8. The van der Waals surface area contributed by atoms with E-state index in [9.17, 15) is 9.59 Å². The van der Waals surface area contributed by atoms with E-state index in [-0.39, 0.29) is 17.7 Å². The van der Waals surface area contributed by atoms with E-state index in [1.165, 1.54) is 0 Å². The van der Waals surface area contributed by atoms with Gasteiger partial charge in [-0.15, -0.1) is 0 Å². The summed E-state index contributed by atoms with van der Waals surface area (Å²) in [6.07, 6.45) is 4.84. The molecule has 0 radical (unpaired) electrons. The molecule has 0 N–H and O–H groups in total. The average molecular weight is 397 g/mol. The summed E-state index contributed by atoms with van der Waals surface area (Å²) >= 11 is 6.02. The summed E-state index contributed by atoms with van der Waals surface area (Å²) in [5, 5.41) is 0.675. The first-order valence-electron chi connectivity index (χ1n) is 9.54. The highest BCUT2D eigenvalue weighted by Crippen LogP contribution is 2.21. The van der Waals surface area contributed by atoms with Crippen molar-refractivity contribution in [3.63, 3.8) is 0 Å². The predicted octanol–water partition coefficient (Wildman–Crippen LogP) is 4.25. The van der Waals surface area contributed by atoms with E-state index in [0.717, 1.165) is 11.1 Å². The zero-order valence-corrected chi connectivity index (χ0v) is 16.8. The van der Waals surface area contributed by atoms with Crippen molar-refractivity contribution in [1.29, 1.82) is 0 Å². The Morgan fingerprint density at radius 2 is 1.82 bits per heavy atom. The number of hydrogen-bond acceptors (Lipinski definition) is 2. The Balaban J connectivity index is 1.49. The summed E-state index contributed by atoms with van der Waals surface area (Å²) in [6, 6.07) is 17.3. The van der Waals surface area contributed by atoms with Gasteiger partial charge in [0, 0.05) is 43.7 Å². The zero-order valence-electron chi connectivity index (χ0n) is 16.1. The summed E-state index contributed by atoms with van der Waals surface area (Å²) in [5.74, 6) is 0.0975. The third-order valence-electron chi connectivity index (χ3n) is 5.06. The van der Waals surface area contributed by atoms with Crippen LogP contribution in [0.25, 0.3) is 6.08 Å². The quantitative estimate of drug-likeness (QED) is 0.709. The fourth-order valence-electron chi connectivity index (χ4n) is 3.48. The van der Waals surface area contributed by atoms with Crippen LogP contribution in [0.1, 0.15) is 24.0 Å². The number of benzene rings is 2. The zero-order chi connectivity index (χ0) is 19.9. The number of hydrogen-bond donors (Lipinski definition) is 0. The Bertz CT molecular complexity index is 843. The number of carbonyl (C=O) groups excluding carboxylic acids is 2. The van der Waals surface area contributed by atoms with Gasteiger partial charge in [0.05, 0.1) is 0 Å². The first kappa shape index (κ1) is 20.2. The summed E-state index contributed by atoms with van der Waals surface area (Å²) in [4.78, 5) is 28.7. The Morgan fingerprint density at radius 1 is 1.11 bits per heavy atom. The lowest BCUT2D eigenvalue weighted by Crippen LogP contribution is -2.42. The van der Waals surface area contributed by atoms with Crippen LogP contribution < -0.4 is 0 Å². The average Bonchev–Trinajstić information content (AvgIpc) is 2.72. The van der Waals surface area contributed by atoms with E-state index in [2.05, 4.69) is 0 Å². The van der Waals surface area contributed by atoms with Crippen LogP contribution in [0.2, 0.25) is 5.02 Å². The van der Waals surface area contributed by atoms with Crippen LogP contribution in [-0.2, 0) is 16.1 Å². The van der Waals surface area contributed by atoms with E-state index in [4.69, 9.17) is 11.6 Å². The second-order valence-corrected chi connectivity index (χ2v) is 7.60. The summed E-state index contributed by atoms with van der Waals surface area (Å²) < 4.78 is 0. The number of halogens is 1. The highest BCUT2D eigenvalue weighted by atomic mass is 35.5. The topological polar surface area (TPSA) is 40.6 Å². The molecule has 0 atom stereocenters. The molecule has 2 amide bonds. The maximum absolute atomic E-state index is 12.8. The lowest BCUT2D eigenvalue weighted by Gasteiger charge is -2.32. The van der Waals surface area contributed by atoms with E-state index in [1.54, 1.807) is 11.0 Å². The van der Waals surface area contributed by atoms with Crippen molar-refractivity contribution >= 4 is 29.5 Å². The van der Waals surface area contributed by atoms with Gasteiger partial charge in [-0.3, -0.25) is 9.59 Å². The van der Waals surface area contributed by atoms with Gasteiger partial charge in [-0.25, -0.2) is 0 Å². The van der Waals surface area contributed by atoms with Crippen LogP contribution in [0.4, 0.5) is 0 Å². The second kappa shape index (κ2) is 9.56. The highest BCUT2D eigenvalue weighted by molar-refractivity contribution is 6.30. The van der Waals surface area contributed by atoms with Crippen molar-refractivity contribution in [2.24, 2.45) is 5.92 Å². The molecule has 1 saturated heterocycles. The minimum atomic E-state index is -0.0358. The molecule has 5 heteroatoms. The van der Waals surface area contributed by atoms with Crippen molar-refractivity contribution in [1.82, 2.24) is 9.80 Å². The van der Waals surface area contributed by atoms with Crippen LogP contribution in [0.3, 0.4) is 0 Å². The van der Waals surface area contributed by atoms with Crippen molar-refractivity contribution in [2.75, 3.05) is 20.1 Å². The highest BCUT2D eigenvalue weighted by Gasteiger charge is 2.28. The number of nitrogens with zero attached hydrogens (tertiary/aromatic N) is 2.